The maximum atomic E-state index is 4.35. The summed E-state index contributed by atoms with van der Waals surface area (Å²) >= 11 is 1.73. The predicted molar refractivity (Wildman–Crippen MR) is 87.6 cm³/mol. The first-order chi connectivity index (χ1) is 9.72. The van der Waals surface area contributed by atoms with Crippen LogP contribution in [0.4, 0.5) is 5.69 Å². The van der Waals surface area contributed by atoms with Crippen LogP contribution in [0.25, 0.3) is 10.2 Å². The Bertz CT molecular complexity index is 564. The van der Waals surface area contributed by atoms with Crippen molar-refractivity contribution in [2.75, 3.05) is 31.1 Å². The largest absolute Gasteiger partial charge is 0.371 e. The maximum absolute atomic E-state index is 4.35. The molecule has 0 amide bonds. The summed E-state index contributed by atoms with van der Waals surface area (Å²) in [6.45, 7) is 9.16. The topological polar surface area (TPSA) is 28.2 Å². The van der Waals surface area contributed by atoms with Crippen molar-refractivity contribution in [3.8, 4) is 0 Å². The molecule has 1 unspecified atom stereocenters. The predicted octanol–water partition coefficient (Wildman–Crippen LogP) is 3.37. The Labute approximate surface area is 125 Å². The third-order valence-corrected chi connectivity index (χ3v) is 4.74. The number of aromatic nitrogens is 1. The van der Waals surface area contributed by atoms with Gasteiger partial charge in [0.05, 0.1) is 15.7 Å². The van der Waals surface area contributed by atoms with Gasteiger partial charge in [-0.2, -0.15) is 0 Å². The zero-order valence-electron chi connectivity index (χ0n) is 12.3. The van der Waals surface area contributed by atoms with Crippen LogP contribution in [0.1, 0.15) is 20.3 Å². The Morgan fingerprint density at radius 2 is 2.35 bits per heavy atom. The minimum Gasteiger partial charge on any atom is -0.371 e. The number of thiazole rings is 1. The van der Waals surface area contributed by atoms with Gasteiger partial charge in [0.1, 0.15) is 0 Å². The molecule has 3 nitrogen and oxygen atoms in total. The number of nitrogens with zero attached hydrogens (tertiary/aromatic N) is 2. The first-order valence-electron chi connectivity index (χ1n) is 7.51. The van der Waals surface area contributed by atoms with E-state index in [4.69, 9.17) is 0 Å². The van der Waals surface area contributed by atoms with Gasteiger partial charge in [-0.3, -0.25) is 0 Å². The number of hydrogen-bond acceptors (Lipinski definition) is 4. The monoisotopic (exact) mass is 289 g/mol. The molecule has 0 bridgehead atoms. The minimum atomic E-state index is 0.737. The van der Waals surface area contributed by atoms with Crippen molar-refractivity contribution >= 4 is 27.2 Å². The Balaban J connectivity index is 1.58. The van der Waals surface area contributed by atoms with E-state index in [1.165, 1.54) is 29.9 Å². The van der Waals surface area contributed by atoms with E-state index in [0.29, 0.717) is 0 Å². The van der Waals surface area contributed by atoms with E-state index < -0.39 is 0 Å². The summed E-state index contributed by atoms with van der Waals surface area (Å²) in [4.78, 5) is 6.86. The fourth-order valence-electron chi connectivity index (χ4n) is 2.85. The standard InChI is InChI=1S/C16H23N3S/c1-12(2)8-17-9-13-5-6-19(10-13)14-3-4-15-16(7-14)20-11-18-15/h3-4,7,11-13,17H,5-6,8-10H2,1-2H3. The van der Waals surface area contributed by atoms with Gasteiger partial charge in [-0.25, -0.2) is 4.98 Å². The van der Waals surface area contributed by atoms with Crippen molar-refractivity contribution < 1.29 is 0 Å². The Morgan fingerprint density at radius 1 is 1.45 bits per heavy atom. The highest BCUT2D eigenvalue weighted by atomic mass is 32.1. The van der Waals surface area contributed by atoms with E-state index in [9.17, 15) is 0 Å². The summed E-state index contributed by atoms with van der Waals surface area (Å²) in [6.07, 6.45) is 1.30. The lowest BCUT2D eigenvalue weighted by Gasteiger charge is -2.19. The molecule has 4 heteroatoms. The van der Waals surface area contributed by atoms with Gasteiger partial charge >= 0.3 is 0 Å². The zero-order valence-corrected chi connectivity index (χ0v) is 13.1. The average Bonchev–Trinajstić information content (AvgIpc) is 3.05. The van der Waals surface area contributed by atoms with Crippen LogP contribution in [-0.4, -0.2) is 31.2 Å². The summed E-state index contributed by atoms with van der Waals surface area (Å²) in [7, 11) is 0. The van der Waals surface area contributed by atoms with E-state index in [0.717, 1.165) is 30.4 Å². The molecule has 1 saturated heterocycles. The second-order valence-corrected chi connectivity index (χ2v) is 7.04. The number of benzene rings is 1. The lowest BCUT2D eigenvalue weighted by Crippen LogP contribution is -2.28. The van der Waals surface area contributed by atoms with Crippen LogP contribution in [0.2, 0.25) is 0 Å². The van der Waals surface area contributed by atoms with Crippen LogP contribution in [0.3, 0.4) is 0 Å². The highest BCUT2D eigenvalue weighted by Gasteiger charge is 2.22. The van der Waals surface area contributed by atoms with Crippen LogP contribution < -0.4 is 10.2 Å². The molecular weight excluding hydrogens is 266 g/mol. The molecule has 2 aromatic rings. The second kappa shape index (κ2) is 6.10. The molecular formula is C16H23N3S. The molecule has 1 fully saturated rings. The summed E-state index contributed by atoms with van der Waals surface area (Å²) in [5.74, 6) is 1.52. The molecule has 3 rings (SSSR count). The molecule has 1 N–H and O–H groups in total. The molecule has 2 heterocycles. The SMILES string of the molecule is CC(C)CNCC1CCN(c2ccc3ncsc3c2)C1. The molecule has 0 saturated carbocycles. The fourth-order valence-corrected chi connectivity index (χ4v) is 3.56. The van der Waals surface area contributed by atoms with Crippen LogP contribution in [-0.2, 0) is 0 Å². The minimum absolute atomic E-state index is 0.737. The molecule has 108 valence electrons. The van der Waals surface area contributed by atoms with Crippen LogP contribution >= 0.6 is 11.3 Å². The molecule has 0 aliphatic carbocycles. The van der Waals surface area contributed by atoms with Gasteiger partial charge in [0.2, 0.25) is 0 Å². The van der Waals surface area contributed by atoms with E-state index in [-0.39, 0.29) is 0 Å². The van der Waals surface area contributed by atoms with E-state index in [2.05, 4.69) is 47.2 Å². The van der Waals surface area contributed by atoms with E-state index in [1.54, 1.807) is 11.3 Å². The smallest absolute Gasteiger partial charge is 0.0813 e. The molecule has 1 aromatic carbocycles. The lowest BCUT2D eigenvalue weighted by molar-refractivity contribution is 0.477. The average molecular weight is 289 g/mol. The van der Waals surface area contributed by atoms with Crippen LogP contribution in [0, 0.1) is 11.8 Å². The van der Waals surface area contributed by atoms with Crippen molar-refractivity contribution in [2.45, 2.75) is 20.3 Å². The molecule has 0 spiro atoms. The molecule has 1 atom stereocenters. The first kappa shape index (κ1) is 13.8. The van der Waals surface area contributed by atoms with Crippen LogP contribution in [0.5, 0.6) is 0 Å². The van der Waals surface area contributed by atoms with Gasteiger partial charge in [-0.1, -0.05) is 13.8 Å². The first-order valence-corrected chi connectivity index (χ1v) is 8.39. The van der Waals surface area contributed by atoms with Gasteiger partial charge < -0.3 is 10.2 Å². The van der Waals surface area contributed by atoms with Gasteiger partial charge in [0, 0.05) is 18.8 Å². The highest BCUT2D eigenvalue weighted by molar-refractivity contribution is 7.16. The van der Waals surface area contributed by atoms with Crippen molar-refractivity contribution in [2.24, 2.45) is 11.8 Å². The summed E-state index contributed by atoms with van der Waals surface area (Å²) in [5, 5.41) is 3.59. The summed E-state index contributed by atoms with van der Waals surface area (Å²) in [5.41, 5.74) is 4.40. The molecule has 0 radical (unpaired) electrons. The van der Waals surface area contributed by atoms with Crippen molar-refractivity contribution in [3.05, 3.63) is 23.7 Å². The second-order valence-electron chi connectivity index (χ2n) is 6.16. The molecule has 20 heavy (non-hydrogen) atoms. The lowest BCUT2D eigenvalue weighted by atomic mass is 10.1. The summed E-state index contributed by atoms with van der Waals surface area (Å²) < 4.78 is 1.30. The molecule has 1 aromatic heterocycles. The number of fused-ring (bicyclic) bond motifs is 1. The van der Waals surface area contributed by atoms with Crippen molar-refractivity contribution in [3.63, 3.8) is 0 Å². The Kier molecular flexibility index (Phi) is 4.22. The zero-order chi connectivity index (χ0) is 13.9. The van der Waals surface area contributed by atoms with Crippen molar-refractivity contribution in [1.29, 1.82) is 0 Å². The Hall–Kier alpha value is -1.13. The number of rotatable bonds is 5. The number of hydrogen-bond donors (Lipinski definition) is 1. The van der Waals surface area contributed by atoms with Gasteiger partial charge in [-0.15, -0.1) is 11.3 Å². The normalized spacial score (nSPS) is 19.4. The van der Waals surface area contributed by atoms with Gasteiger partial charge in [0.15, 0.2) is 0 Å². The maximum Gasteiger partial charge on any atom is 0.0813 e. The highest BCUT2D eigenvalue weighted by Crippen LogP contribution is 2.28. The molecule has 1 aliphatic rings. The third kappa shape index (κ3) is 3.13. The quantitative estimate of drug-likeness (QED) is 0.914. The van der Waals surface area contributed by atoms with Crippen molar-refractivity contribution in [1.82, 2.24) is 10.3 Å². The summed E-state index contributed by atoms with van der Waals surface area (Å²) in [6, 6.07) is 6.65. The fraction of sp³-hybridized carbons (Fsp3) is 0.562. The Morgan fingerprint density at radius 3 is 3.20 bits per heavy atom. The number of nitrogens with one attached hydrogen (secondary N) is 1. The third-order valence-electron chi connectivity index (χ3n) is 3.95. The molecule has 1 aliphatic heterocycles. The van der Waals surface area contributed by atoms with Crippen LogP contribution in [0.15, 0.2) is 23.7 Å². The van der Waals surface area contributed by atoms with Gasteiger partial charge in [-0.05, 0) is 49.5 Å². The van der Waals surface area contributed by atoms with Gasteiger partial charge in [0.25, 0.3) is 0 Å². The number of anilines is 1. The van der Waals surface area contributed by atoms with E-state index in [1.807, 2.05) is 5.51 Å². The van der Waals surface area contributed by atoms with E-state index >= 15 is 0 Å².